The molecule has 0 radical (unpaired) electrons. The Labute approximate surface area is 121 Å². The average molecular weight is 270 g/mol. The zero-order valence-corrected chi connectivity index (χ0v) is 11.9. The molecule has 0 amide bonds. The van der Waals surface area contributed by atoms with Gasteiger partial charge in [0.25, 0.3) is 0 Å². The van der Waals surface area contributed by atoms with Crippen molar-refractivity contribution in [2.24, 2.45) is 0 Å². The van der Waals surface area contributed by atoms with E-state index in [4.69, 9.17) is 5.26 Å². The van der Waals surface area contributed by atoms with Crippen molar-refractivity contribution in [3.8, 4) is 6.07 Å². The molecule has 0 aromatic heterocycles. The van der Waals surface area contributed by atoms with Crippen LogP contribution in [0.4, 0.5) is 5.69 Å². The largest absolute Gasteiger partial charge is 0.369 e. The number of piperidine rings is 1. The topological polar surface area (TPSA) is 42.3 Å². The Balaban J connectivity index is 1.56. The van der Waals surface area contributed by atoms with E-state index in [1.165, 1.54) is 31.6 Å². The predicted octanol–water partition coefficient (Wildman–Crippen LogP) is 1.43. The minimum atomic E-state index is 0.738. The fraction of sp³-hybridized carbons (Fsp3) is 0.562. The molecule has 1 aromatic carbocycles. The van der Waals surface area contributed by atoms with E-state index in [0.717, 1.165) is 37.8 Å². The maximum Gasteiger partial charge on any atom is 0.0991 e. The van der Waals surface area contributed by atoms with Crippen LogP contribution < -0.4 is 10.2 Å². The molecule has 1 N–H and O–H groups in total. The quantitative estimate of drug-likeness (QED) is 0.883. The molecule has 20 heavy (non-hydrogen) atoms. The standard InChI is InChI=1S/C16H22N4/c17-13-14-1-3-15(4-2-14)19-9-11-20(12-10-19)16-5-7-18-8-6-16/h1-4,16,18H,5-12H2. The Bertz CT molecular complexity index is 462. The van der Waals surface area contributed by atoms with Crippen LogP contribution >= 0.6 is 0 Å². The molecule has 1 aromatic rings. The van der Waals surface area contributed by atoms with Gasteiger partial charge in [-0.25, -0.2) is 0 Å². The summed E-state index contributed by atoms with van der Waals surface area (Å²) in [4.78, 5) is 5.08. The van der Waals surface area contributed by atoms with Crippen LogP contribution in [-0.2, 0) is 0 Å². The third kappa shape index (κ3) is 2.95. The molecular formula is C16H22N4. The molecule has 2 saturated heterocycles. The van der Waals surface area contributed by atoms with Gasteiger partial charge in [-0.3, -0.25) is 4.90 Å². The monoisotopic (exact) mass is 270 g/mol. The van der Waals surface area contributed by atoms with Gasteiger partial charge in [0.2, 0.25) is 0 Å². The molecule has 2 heterocycles. The second-order valence-electron chi connectivity index (χ2n) is 5.66. The van der Waals surface area contributed by atoms with E-state index in [1.54, 1.807) is 0 Å². The van der Waals surface area contributed by atoms with Gasteiger partial charge < -0.3 is 10.2 Å². The fourth-order valence-electron chi connectivity index (χ4n) is 3.26. The number of hydrogen-bond donors (Lipinski definition) is 1. The van der Waals surface area contributed by atoms with Gasteiger partial charge in [0.05, 0.1) is 11.6 Å². The number of benzene rings is 1. The first-order valence-electron chi connectivity index (χ1n) is 7.57. The number of nitrogens with one attached hydrogen (secondary N) is 1. The van der Waals surface area contributed by atoms with Crippen LogP contribution in [0.5, 0.6) is 0 Å². The molecular weight excluding hydrogens is 248 g/mol. The van der Waals surface area contributed by atoms with E-state index >= 15 is 0 Å². The van der Waals surface area contributed by atoms with Crippen LogP contribution in [0.3, 0.4) is 0 Å². The van der Waals surface area contributed by atoms with Crippen LogP contribution in [0.2, 0.25) is 0 Å². The number of nitriles is 1. The van der Waals surface area contributed by atoms with Crippen molar-refractivity contribution in [3.05, 3.63) is 29.8 Å². The zero-order chi connectivity index (χ0) is 13.8. The van der Waals surface area contributed by atoms with Crippen LogP contribution in [0, 0.1) is 11.3 Å². The molecule has 0 spiro atoms. The number of anilines is 1. The summed E-state index contributed by atoms with van der Waals surface area (Å²) in [5.74, 6) is 0. The summed E-state index contributed by atoms with van der Waals surface area (Å²) < 4.78 is 0. The molecule has 4 nitrogen and oxygen atoms in total. The molecule has 0 atom stereocenters. The van der Waals surface area contributed by atoms with E-state index in [-0.39, 0.29) is 0 Å². The van der Waals surface area contributed by atoms with Gasteiger partial charge in [-0.1, -0.05) is 0 Å². The molecule has 2 fully saturated rings. The van der Waals surface area contributed by atoms with Crippen molar-refractivity contribution in [3.63, 3.8) is 0 Å². The van der Waals surface area contributed by atoms with Gasteiger partial charge in [-0.15, -0.1) is 0 Å². The molecule has 0 saturated carbocycles. The van der Waals surface area contributed by atoms with Crippen molar-refractivity contribution in [1.82, 2.24) is 10.2 Å². The Morgan fingerprint density at radius 3 is 2.25 bits per heavy atom. The lowest BCUT2D eigenvalue weighted by molar-refractivity contribution is 0.153. The predicted molar refractivity (Wildman–Crippen MR) is 80.8 cm³/mol. The maximum atomic E-state index is 8.84. The second-order valence-corrected chi connectivity index (χ2v) is 5.66. The Hall–Kier alpha value is -1.57. The third-order valence-corrected chi connectivity index (χ3v) is 4.50. The van der Waals surface area contributed by atoms with Gasteiger partial charge in [-0.2, -0.15) is 5.26 Å². The van der Waals surface area contributed by atoms with Crippen LogP contribution in [0.25, 0.3) is 0 Å². The highest BCUT2D eigenvalue weighted by Crippen LogP contribution is 2.20. The van der Waals surface area contributed by atoms with E-state index < -0.39 is 0 Å². The zero-order valence-electron chi connectivity index (χ0n) is 11.9. The first-order valence-corrected chi connectivity index (χ1v) is 7.57. The summed E-state index contributed by atoms with van der Waals surface area (Å²) in [5, 5.41) is 12.3. The van der Waals surface area contributed by atoms with Crippen molar-refractivity contribution in [2.45, 2.75) is 18.9 Å². The molecule has 3 rings (SSSR count). The normalized spacial score (nSPS) is 21.6. The van der Waals surface area contributed by atoms with E-state index in [1.807, 2.05) is 12.1 Å². The highest BCUT2D eigenvalue weighted by molar-refractivity contribution is 5.50. The SMILES string of the molecule is N#Cc1ccc(N2CCN(C3CCNCC3)CC2)cc1. The summed E-state index contributed by atoms with van der Waals surface area (Å²) in [7, 11) is 0. The lowest BCUT2D eigenvalue weighted by atomic mass is 10.0. The summed E-state index contributed by atoms with van der Waals surface area (Å²) in [6, 6.07) is 10.9. The minimum absolute atomic E-state index is 0.738. The van der Waals surface area contributed by atoms with Crippen LogP contribution in [-0.4, -0.2) is 50.2 Å². The van der Waals surface area contributed by atoms with Crippen LogP contribution in [0.1, 0.15) is 18.4 Å². The van der Waals surface area contributed by atoms with Gasteiger partial charge in [0, 0.05) is 37.9 Å². The molecule has 0 bridgehead atoms. The average Bonchev–Trinajstić information content (AvgIpc) is 2.56. The minimum Gasteiger partial charge on any atom is -0.369 e. The number of rotatable bonds is 2. The van der Waals surface area contributed by atoms with Crippen molar-refractivity contribution in [1.29, 1.82) is 5.26 Å². The second kappa shape index (κ2) is 6.25. The first-order chi connectivity index (χ1) is 9.86. The summed E-state index contributed by atoms with van der Waals surface area (Å²) in [5.41, 5.74) is 1.98. The van der Waals surface area contributed by atoms with Gasteiger partial charge in [0.15, 0.2) is 0 Å². The van der Waals surface area contributed by atoms with Crippen molar-refractivity contribution >= 4 is 5.69 Å². The van der Waals surface area contributed by atoms with Crippen LogP contribution in [0.15, 0.2) is 24.3 Å². The van der Waals surface area contributed by atoms with E-state index in [9.17, 15) is 0 Å². The summed E-state index contributed by atoms with van der Waals surface area (Å²) in [6.45, 7) is 6.84. The van der Waals surface area contributed by atoms with Crippen molar-refractivity contribution in [2.75, 3.05) is 44.2 Å². The first kappa shape index (κ1) is 13.4. The lowest BCUT2D eigenvalue weighted by Gasteiger charge is -2.41. The molecule has 2 aliphatic rings. The number of piperazine rings is 1. The highest BCUT2D eigenvalue weighted by Gasteiger charge is 2.24. The molecule has 0 unspecified atom stereocenters. The highest BCUT2D eigenvalue weighted by atomic mass is 15.3. The summed E-state index contributed by atoms with van der Waals surface area (Å²) >= 11 is 0. The maximum absolute atomic E-state index is 8.84. The summed E-state index contributed by atoms with van der Waals surface area (Å²) in [6.07, 6.45) is 2.58. The molecule has 0 aliphatic carbocycles. The van der Waals surface area contributed by atoms with Gasteiger partial charge in [0.1, 0.15) is 0 Å². The molecule has 2 aliphatic heterocycles. The number of hydrogen-bond acceptors (Lipinski definition) is 4. The van der Waals surface area contributed by atoms with Gasteiger partial charge >= 0.3 is 0 Å². The fourth-order valence-corrected chi connectivity index (χ4v) is 3.26. The number of nitrogens with zero attached hydrogens (tertiary/aromatic N) is 3. The Kier molecular flexibility index (Phi) is 4.19. The Morgan fingerprint density at radius 2 is 1.65 bits per heavy atom. The lowest BCUT2D eigenvalue weighted by Crippen LogP contribution is -2.52. The molecule has 4 heteroatoms. The van der Waals surface area contributed by atoms with E-state index in [2.05, 4.69) is 33.3 Å². The van der Waals surface area contributed by atoms with Crippen molar-refractivity contribution < 1.29 is 0 Å². The van der Waals surface area contributed by atoms with Gasteiger partial charge in [-0.05, 0) is 50.2 Å². The Morgan fingerprint density at radius 1 is 1.00 bits per heavy atom. The molecule has 106 valence electrons. The third-order valence-electron chi connectivity index (χ3n) is 4.50. The smallest absolute Gasteiger partial charge is 0.0991 e. The van der Waals surface area contributed by atoms with E-state index in [0.29, 0.717) is 0 Å².